The number of hydrogen-bond donors (Lipinski definition) is 3. The van der Waals surface area contributed by atoms with Crippen molar-refractivity contribution in [3.63, 3.8) is 0 Å². The number of aromatic nitrogens is 1. The van der Waals surface area contributed by atoms with Crippen LogP contribution >= 0.6 is 11.3 Å². The van der Waals surface area contributed by atoms with Crippen molar-refractivity contribution in [3.05, 3.63) is 42.0 Å². The summed E-state index contributed by atoms with van der Waals surface area (Å²) in [6.07, 6.45) is -0.415. The van der Waals surface area contributed by atoms with E-state index in [1.54, 1.807) is 12.1 Å². The Morgan fingerprint density at radius 2 is 1.84 bits per heavy atom. The zero-order valence-corrected chi connectivity index (χ0v) is 14.3. The molecule has 1 aromatic heterocycles. The van der Waals surface area contributed by atoms with Gasteiger partial charge in [-0.1, -0.05) is 29.8 Å². The number of benzene rings is 2. The van der Waals surface area contributed by atoms with Crippen molar-refractivity contribution in [2.75, 3.05) is 5.32 Å². The van der Waals surface area contributed by atoms with Gasteiger partial charge in [0.2, 0.25) is 5.91 Å². The SMILES string of the molecule is Cc1ccc(-c2nc3c(O)c(NC(=O)CCC(=O)O)ccc3s2)cc1. The van der Waals surface area contributed by atoms with E-state index < -0.39 is 11.9 Å². The smallest absolute Gasteiger partial charge is 0.303 e. The number of aromatic hydroxyl groups is 1. The van der Waals surface area contributed by atoms with Crippen molar-refractivity contribution in [2.24, 2.45) is 0 Å². The molecule has 3 aromatic rings. The van der Waals surface area contributed by atoms with Crippen LogP contribution in [-0.2, 0) is 9.59 Å². The molecule has 1 heterocycles. The van der Waals surface area contributed by atoms with E-state index in [1.165, 1.54) is 11.3 Å². The molecule has 128 valence electrons. The van der Waals surface area contributed by atoms with Crippen LogP contribution in [0.2, 0.25) is 0 Å². The molecule has 0 spiro atoms. The van der Waals surface area contributed by atoms with Crippen molar-refractivity contribution in [1.82, 2.24) is 4.98 Å². The van der Waals surface area contributed by atoms with Crippen LogP contribution in [0.25, 0.3) is 20.8 Å². The molecule has 3 rings (SSSR count). The van der Waals surface area contributed by atoms with Crippen molar-refractivity contribution >= 4 is 39.1 Å². The first-order valence-corrected chi connectivity index (χ1v) is 8.47. The number of nitrogens with zero attached hydrogens (tertiary/aromatic N) is 1. The molecule has 0 saturated carbocycles. The van der Waals surface area contributed by atoms with Gasteiger partial charge in [0.25, 0.3) is 0 Å². The van der Waals surface area contributed by atoms with Crippen LogP contribution in [0.1, 0.15) is 18.4 Å². The van der Waals surface area contributed by atoms with Crippen molar-refractivity contribution < 1.29 is 19.8 Å². The standard InChI is InChI=1S/C18H16N2O4S/c1-10-2-4-11(5-3-10)18-20-16-13(25-18)7-6-12(17(16)24)19-14(21)8-9-15(22)23/h2-7,24H,8-9H2,1H3,(H,19,21)(H,22,23). The number of carboxylic acid groups (broad SMARTS) is 1. The van der Waals surface area contributed by atoms with Gasteiger partial charge in [0.05, 0.1) is 16.8 Å². The predicted molar refractivity (Wildman–Crippen MR) is 97.0 cm³/mol. The Bertz CT molecular complexity index is 948. The van der Waals surface area contributed by atoms with E-state index in [2.05, 4.69) is 10.3 Å². The summed E-state index contributed by atoms with van der Waals surface area (Å²) in [5, 5.41) is 22.3. The Labute approximate surface area is 147 Å². The van der Waals surface area contributed by atoms with Crippen LogP contribution in [0.15, 0.2) is 36.4 Å². The van der Waals surface area contributed by atoms with Gasteiger partial charge < -0.3 is 15.5 Å². The second-order valence-corrected chi connectivity index (χ2v) is 6.67. The second kappa shape index (κ2) is 6.90. The number of phenols is 1. The zero-order valence-electron chi connectivity index (χ0n) is 13.4. The highest BCUT2D eigenvalue weighted by atomic mass is 32.1. The molecule has 0 radical (unpaired) electrons. The first-order chi connectivity index (χ1) is 11.9. The summed E-state index contributed by atoms with van der Waals surface area (Å²) in [5.74, 6) is -1.63. The summed E-state index contributed by atoms with van der Waals surface area (Å²) in [4.78, 5) is 26.8. The number of phenolic OH excluding ortho intramolecular Hbond substituents is 1. The molecule has 25 heavy (non-hydrogen) atoms. The molecule has 6 nitrogen and oxygen atoms in total. The number of nitrogens with one attached hydrogen (secondary N) is 1. The van der Waals surface area contributed by atoms with Gasteiger partial charge in [0, 0.05) is 12.0 Å². The highest BCUT2D eigenvalue weighted by Crippen LogP contribution is 2.38. The van der Waals surface area contributed by atoms with Crippen molar-refractivity contribution in [2.45, 2.75) is 19.8 Å². The first-order valence-electron chi connectivity index (χ1n) is 7.65. The molecular formula is C18H16N2O4S. The molecule has 0 unspecified atom stereocenters. The van der Waals surface area contributed by atoms with Crippen LogP contribution in [-0.4, -0.2) is 27.1 Å². The number of anilines is 1. The molecule has 2 aromatic carbocycles. The summed E-state index contributed by atoms with van der Waals surface area (Å²) in [5.41, 5.74) is 2.75. The molecule has 0 aliphatic carbocycles. The number of hydrogen-bond acceptors (Lipinski definition) is 5. The average Bonchev–Trinajstić information content (AvgIpc) is 3.01. The van der Waals surface area contributed by atoms with E-state index in [1.807, 2.05) is 31.2 Å². The van der Waals surface area contributed by atoms with E-state index in [9.17, 15) is 14.7 Å². The van der Waals surface area contributed by atoms with Crippen molar-refractivity contribution in [3.8, 4) is 16.3 Å². The highest BCUT2D eigenvalue weighted by molar-refractivity contribution is 7.21. The first kappa shape index (κ1) is 16.9. The summed E-state index contributed by atoms with van der Waals surface area (Å²) in [6.45, 7) is 2.01. The van der Waals surface area contributed by atoms with E-state index >= 15 is 0 Å². The van der Waals surface area contributed by atoms with Crippen LogP contribution in [0.3, 0.4) is 0 Å². The minimum absolute atomic E-state index is 0.115. The number of rotatable bonds is 5. The molecule has 0 saturated heterocycles. The summed E-state index contributed by atoms with van der Waals surface area (Å²) in [6, 6.07) is 11.3. The molecule has 3 N–H and O–H groups in total. The lowest BCUT2D eigenvalue weighted by Gasteiger charge is -2.06. The normalized spacial score (nSPS) is 10.8. The number of carbonyl (C=O) groups is 2. The number of fused-ring (bicyclic) bond motifs is 1. The Hall–Kier alpha value is -2.93. The average molecular weight is 356 g/mol. The van der Waals surface area contributed by atoms with Gasteiger partial charge in [-0.05, 0) is 19.1 Å². The maximum Gasteiger partial charge on any atom is 0.303 e. The Morgan fingerprint density at radius 3 is 2.52 bits per heavy atom. The van der Waals surface area contributed by atoms with E-state index in [0.717, 1.165) is 20.8 Å². The minimum atomic E-state index is -1.04. The maximum atomic E-state index is 11.8. The summed E-state index contributed by atoms with van der Waals surface area (Å²) < 4.78 is 0.802. The second-order valence-electron chi connectivity index (χ2n) is 5.64. The Kier molecular flexibility index (Phi) is 4.67. The van der Waals surface area contributed by atoms with Gasteiger partial charge in [-0.15, -0.1) is 11.3 Å². The molecule has 7 heteroatoms. The lowest BCUT2D eigenvalue weighted by molar-refractivity contribution is -0.138. The lowest BCUT2D eigenvalue weighted by Crippen LogP contribution is -2.13. The third kappa shape index (κ3) is 3.77. The van der Waals surface area contributed by atoms with Crippen LogP contribution < -0.4 is 5.32 Å². The number of carboxylic acids is 1. The van der Waals surface area contributed by atoms with Crippen LogP contribution in [0.5, 0.6) is 5.75 Å². The number of carbonyl (C=O) groups excluding carboxylic acids is 1. The maximum absolute atomic E-state index is 11.8. The molecular weight excluding hydrogens is 340 g/mol. The molecule has 0 aliphatic rings. The van der Waals surface area contributed by atoms with E-state index in [4.69, 9.17) is 5.11 Å². The topological polar surface area (TPSA) is 99.5 Å². The number of thiazole rings is 1. The molecule has 0 atom stereocenters. The fourth-order valence-corrected chi connectivity index (χ4v) is 3.31. The Balaban J connectivity index is 1.88. The molecule has 1 amide bonds. The largest absolute Gasteiger partial charge is 0.504 e. The monoisotopic (exact) mass is 356 g/mol. The summed E-state index contributed by atoms with van der Waals surface area (Å²) in [7, 11) is 0. The van der Waals surface area contributed by atoms with Crippen molar-refractivity contribution in [1.29, 1.82) is 0 Å². The zero-order chi connectivity index (χ0) is 18.0. The summed E-state index contributed by atoms with van der Waals surface area (Å²) >= 11 is 1.45. The molecule has 0 bridgehead atoms. The van der Waals surface area contributed by atoms with Crippen LogP contribution in [0.4, 0.5) is 5.69 Å². The minimum Gasteiger partial charge on any atom is -0.504 e. The lowest BCUT2D eigenvalue weighted by atomic mass is 10.2. The fraction of sp³-hybridized carbons (Fsp3) is 0.167. The third-order valence-electron chi connectivity index (χ3n) is 3.67. The third-order valence-corrected chi connectivity index (χ3v) is 4.74. The van der Waals surface area contributed by atoms with Crippen LogP contribution in [0, 0.1) is 6.92 Å². The highest BCUT2D eigenvalue weighted by Gasteiger charge is 2.15. The van der Waals surface area contributed by atoms with Gasteiger partial charge in [-0.25, -0.2) is 4.98 Å². The number of amides is 1. The van der Waals surface area contributed by atoms with Gasteiger partial charge in [0.15, 0.2) is 5.75 Å². The number of aryl methyl sites for hydroxylation is 1. The molecule has 0 fully saturated rings. The van der Waals surface area contributed by atoms with E-state index in [0.29, 0.717) is 5.52 Å². The quantitative estimate of drug-likeness (QED) is 0.604. The van der Waals surface area contributed by atoms with Gasteiger partial charge >= 0.3 is 5.97 Å². The number of aliphatic carboxylic acids is 1. The fourth-order valence-electron chi connectivity index (χ4n) is 2.33. The van der Waals surface area contributed by atoms with Gasteiger partial charge in [-0.3, -0.25) is 9.59 Å². The predicted octanol–water partition coefficient (Wildman–Crippen LogP) is 3.78. The van der Waals surface area contributed by atoms with Gasteiger partial charge in [0.1, 0.15) is 10.5 Å². The molecule has 0 aliphatic heterocycles. The Morgan fingerprint density at radius 1 is 1.12 bits per heavy atom. The van der Waals surface area contributed by atoms with E-state index in [-0.39, 0.29) is 24.3 Å². The van der Waals surface area contributed by atoms with Gasteiger partial charge in [-0.2, -0.15) is 0 Å².